The van der Waals surface area contributed by atoms with Gasteiger partial charge in [0, 0.05) is 0 Å². The van der Waals surface area contributed by atoms with E-state index in [0.29, 0.717) is 24.5 Å². The topological polar surface area (TPSA) is 67.6 Å². The molecule has 3 N–H and O–H groups in total. The fourth-order valence-electron chi connectivity index (χ4n) is 2.02. The number of nitrogens with zero attached hydrogens (tertiary/aromatic N) is 1. The predicted octanol–water partition coefficient (Wildman–Crippen LogP) is 2.64. The highest BCUT2D eigenvalue weighted by Gasteiger charge is 2.15. The molecule has 124 valence electrons. The number of nitrogens with one attached hydrogen (secondary N) is 1. The second kappa shape index (κ2) is 8.69. The first kappa shape index (κ1) is 17.5. The maximum Gasteiger partial charge on any atom is 0.273 e. The van der Waals surface area contributed by atoms with E-state index in [2.05, 4.69) is 12.0 Å². The number of thiocarbonyl (C=S) groups is 1. The number of carbonyl (C=O) groups excluding carboxylic acids is 1. The van der Waals surface area contributed by atoms with Gasteiger partial charge in [-0.15, -0.1) is 6.58 Å². The normalized spacial score (nSPS) is 9.83. The van der Waals surface area contributed by atoms with Gasteiger partial charge < -0.3 is 10.5 Å². The highest BCUT2D eigenvalue weighted by atomic mass is 32.1. The Kier molecular flexibility index (Phi) is 6.33. The van der Waals surface area contributed by atoms with Crippen molar-refractivity contribution < 1.29 is 9.53 Å². The average molecular weight is 341 g/mol. The van der Waals surface area contributed by atoms with Crippen LogP contribution >= 0.6 is 12.2 Å². The van der Waals surface area contributed by atoms with Crippen molar-refractivity contribution in [3.8, 4) is 5.75 Å². The van der Waals surface area contributed by atoms with Gasteiger partial charge in [-0.05, 0) is 29.9 Å². The van der Waals surface area contributed by atoms with Gasteiger partial charge in [-0.2, -0.15) is 0 Å². The fourth-order valence-corrected chi connectivity index (χ4v) is 2.14. The van der Waals surface area contributed by atoms with E-state index in [1.807, 2.05) is 36.4 Å². The lowest BCUT2D eigenvalue weighted by molar-refractivity contribution is 0.0874. The maximum absolute atomic E-state index is 12.5. The number of benzene rings is 2. The van der Waals surface area contributed by atoms with Crippen molar-refractivity contribution in [1.82, 2.24) is 10.4 Å². The van der Waals surface area contributed by atoms with Crippen molar-refractivity contribution in [3.63, 3.8) is 0 Å². The Morgan fingerprint density at radius 1 is 1.21 bits per heavy atom. The Morgan fingerprint density at radius 2 is 1.88 bits per heavy atom. The minimum absolute atomic E-state index is 0.0611. The molecule has 0 aromatic heterocycles. The molecule has 0 bridgehead atoms. The Hall–Kier alpha value is -2.86. The minimum Gasteiger partial charge on any atom is -0.488 e. The van der Waals surface area contributed by atoms with Gasteiger partial charge in [-0.1, -0.05) is 48.5 Å². The SMILES string of the molecule is C=CCN(NC(=O)c1ccccc1OCc1ccccc1)C(N)=S. The lowest BCUT2D eigenvalue weighted by Crippen LogP contribution is -2.48. The largest absolute Gasteiger partial charge is 0.488 e. The van der Waals surface area contributed by atoms with Crippen LogP contribution in [0.15, 0.2) is 67.3 Å². The minimum atomic E-state index is -0.353. The van der Waals surface area contributed by atoms with Crippen LogP contribution < -0.4 is 15.9 Å². The first-order valence-electron chi connectivity index (χ1n) is 7.36. The van der Waals surface area contributed by atoms with Gasteiger partial charge in [0.25, 0.3) is 5.91 Å². The smallest absolute Gasteiger partial charge is 0.273 e. The number of nitrogens with two attached hydrogens (primary N) is 1. The van der Waals surface area contributed by atoms with Crippen molar-refractivity contribution in [3.05, 3.63) is 78.4 Å². The first-order valence-corrected chi connectivity index (χ1v) is 7.77. The fraction of sp³-hybridized carbons (Fsp3) is 0.111. The number of hydrazine groups is 1. The van der Waals surface area contributed by atoms with E-state index >= 15 is 0 Å². The zero-order valence-electron chi connectivity index (χ0n) is 13.1. The molecule has 0 aliphatic rings. The number of carbonyl (C=O) groups is 1. The Morgan fingerprint density at radius 3 is 2.54 bits per heavy atom. The molecule has 5 nitrogen and oxygen atoms in total. The van der Waals surface area contributed by atoms with Crippen LogP contribution in [0.25, 0.3) is 0 Å². The highest BCUT2D eigenvalue weighted by molar-refractivity contribution is 7.80. The van der Waals surface area contributed by atoms with Crippen LogP contribution in [0.1, 0.15) is 15.9 Å². The van der Waals surface area contributed by atoms with E-state index in [9.17, 15) is 4.79 Å². The van der Waals surface area contributed by atoms with Crippen LogP contribution in [-0.2, 0) is 6.61 Å². The quantitative estimate of drug-likeness (QED) is 0.480. The molecule has 0 radical (unpaired) electrons. The number of hydrogen-bond donors (Lipinski definition) is 2. The summed E-state index contributed by atoms with van der Waals surface area (Å²) in [5.41, 5.74) is 9.65. The Bertz CT molecular complexity index is 719. The molecule has 0 fully saturated rings. The van der Waals surface area contributed by atoms with E-state index in [1.165, 1.54) is 5.01 Å². The Balaban J connectivity index is 2.11. The summed E-state index contributed by atoms with van der Waals surface area (Å²) in [6, 6.07) is 16.7. The molecular weight excluding hydrogens is 322 g/mol. The molecule has 1 amide bonds. The van der Waals surface area contributed by atoms with Crippen LogP contribution in [-0.4, -0.2) is 22.6 Å². The number of para-hydroxylation sites is 1. The van der Waals surface area contributed by atoms with Gasteiger partial charge in [0.15, 0.2) is 5.11 Å². The standard InChI is InChI=1S/C18H19N3O2S/c1-2-12-21(18(19)24)20-17(22)15-10-6-7-11-16(15)23-13-14-8-4-3-5-9-14/h2-11H,1,12-13H2,(H2,19,24)(H,20,22). The summed E-state index contributed by atoms with van der Waals surface area (Å²) in [7, 11) is 0. The molecule has 0 saturated heterocycles. The van der Waals surface area contributed by atoms with E-state index < -0.39 is 0 Å². The van der Waals surface area contributed by atoms with Crippen LogP contribution in [0, 0.1) is 0 Å². The molecule has 2 aromatic carbocycles. The zero-order chi connectivity index (χ0) is 17.4. The third-order valence-electron chi connectivity index (χ3n) is 3.18. The molecule has 0 heterocycles. The molecule has 0 spiro atoms. The van der Waals surface area contributed by atoms with Crippen LogP contribution in [0.5, 0.6) is 5.75 Å². The van der Waals surface area contributed by atoms with E-state index in [0.717, 1.165) is 5.56 Å². The van der Waals surface area contributed by atoms with E-state index in [4.69, 9.17) is 22.7 Å². The summed E-state index contributed by atoms with van der Waals surface area (Å²) in [5.74, 6) is 0.133. The van der Waals surface area contributed by atoms with E-state index in [-0.39, 0.29) is 11.0 Å². The summed E-state index contributed by atoms with van der Waals surface area (Å²) in [4.78, 5) is 12.5. The second-order valence-corrected chi connectivity index (χ2v) is 5.37. The summed E-state index contributed by atoms with van der Waals surface area (Å²) >= 11 is 4.91. The number of ether oxygens (including phenoxy) is 1. The summed E-state index contributed by atoms with van der Waals surface area (Å²) in [6.07, 6.45) is 1.59. The third-order valence-corrected chi connectivity index (χ3v) is 3.40. The Labute approximate surface area is 146 Å². The molecule has 2 aromatic rings. The average Bonchev–Trinajstić information content (AvgIpc) is 2.60. The van der Waals surface area contributed by atoms with Gasteiger partial charge in [-0.3, -0.25) is 15.2 Å². The van der Waals surface area contributed by atoms with Gasteiger partial charge >= 0.3 is 0 Å². The van der Waals surface area contributed by atoms with Crippen LogP contribution in [0.3, 0.4) is 0 Å². The van der Waals surface area contributed by atoms with Crippen molar-refractivity contribution in [2.24, 2.45) is 5.73 Å². The van der Waals surface area contributed by atoms with Crippen molar-refractivity contribution in [1.29, 1.82) is 0 Å². The van der Waals surface area contributed by atoms with Gasteiger partial charge in [0.2, 0.25) is 0 Å². The monoisotopic (exact) mass is 341 g/mol. The summed E-state index contributed by atoms with van der Waals surface area (Å²) < 4.78 is 5.78. The lowest BCUT2D eigenvalue weighted by atomic mass is 10.2. The number of amides is 1. The summed E-state index contributed by atoms with van der Waals surface area (Å²) in [6.45, 7) is 4.30. The number of hydrogen-bond acceptors (Lipinski definition) is 3. The zero-order valence-corrected chi connectivity index (χ0v) is 14.0. The van der Waals surface area contributed by atoms with Gasteiger partial charge in [0.1, 0.15) is 12.4 Å². The molecule has 0 atom stereocenters. The highest BCUT2D eigenvalue weighted by Crippen LogP contribution is 2.19. The molecule has 0 unspecified atom stereocenters. The first-order chi connectivity index (χ1) is 11.6. The lowest BCUT2D eigenvalue weighted by Gasteiger charge is -2.22. The van der Waals surface area contributed by atoms with Crippen molar-refractivity contribution in [2.75, 3.05) is 6.54 Å². The molecule has 6 heteroatoms. The van der Waals surface area contributed by atoms with Gasteiger partial charge in [-0.25, -0.2) is 0 Å². The molecule has 2 rings (SSSR count). The van der Waals surface area contributed by atoms with Crippen LogP contribution in [0.2, 0.25) is 0 Å². The number of rotatable bonds is 6. The van der Waals surface area contributed by atoms with Crippen molar-refractivity contribution in [2.45, 2.75) is 6.61 Å². The third kappa shape index (κ3) is 4.82. The van der Waals surface area contributed by atoms with Crippen molar-refractivity contribution >= 4 is 23.2 Å². The molecule has 0 aliphatic carbocycles. The van der Waals surface area contributed by atoms with E-state index in [1.54, 1.807) is 24.3 Å². The summed E-state index contributed by atoms with van der Waals surface area (Å²) in [5, 5.41) is 1.41. The van der Waals surface area contributed by atoms with Gasteiger partial charge in [0.05, 0.1) is 12.1 Å². The predicted molar refractivity (Wildman–Crippen MR) is 98.4 cm³/mol. The molecule has 0 aliphatic heterocycles. The van der Waals surface area contributed by atoms with Crippen LogP contribution in [0.4, 0.5) is 0 Å². The second-order valence-electron chi connectivity index (χ2n) is 4.95. The molecular formula is C18H19N3O2S. The molecule has 24 heavy (non-hydrogen) atoms. The maximum atomic E-state index is 12.5. The molecule has 0 saturated carbocycles.